The highest BCUT2D eigenvalue weighted by atomic mass is 15.3. The second-order valence-corrected chi connectivity index (χ2v) is 5.10. The van der Waals surface area contributed by atoms with E-state index in [4.69, 9.17) is 6.42 Å². The van der Waals surface area contributed by atoms with Crippen molar-refractivity contribution in [1.29, 1.82) is 0 Å². The summed E-state index contributed by atoms with van der Waals surface area (Å²) in [6.45, 7) is 9.88. The number of nitrogens with zero attached hydrogens (tertiary/aromatic N) is 2. The summed E-state index contributed by atoms with van der Waals surface area (Å²) in [7, 11) is 2.23. The molecule has 3 nitrogen and oxygen atoms in total. The van der Waals surface area contributed by atoms with Crippen LogP contribution in [0.5, 0.6) is 0 Å². The van der Waals surface area contributed by atoms with Crippen molar-refractivity contribution < 1.29 is 0 Å². The summed E-state index contributed by atoms with van der Waals surface area (Å²) in [5.74, 6) is 2.63. The first-order valence-electron chi connectivity index (χ1n) is 6.77. The van der Waals surface area contributed by atoms with Crippen LogP contribution in [-0.2, 0) is 0 Å². The predicted octanol–water partition coefficient (Wildman–Crippen LogP) is 1.01. The molecule has 1 heterocycles. The molecular weight excluding hydrogens is 210 g/mol. The van der Waals surface area contributed by atoms with Crippen molar-refractivity contribution >= 4 is 0 Å². The average molecular weight is 237 g/mol. The van der Waals surface area contributed by atoms with Crippen molar-refractivity contribution in [2.24, 2.45) is 0 Å². The van der Waals surface area contributed by atoms with Gasteiger partial charge in [-0.15, -0.1) is 6.42 Å². The average Bonchev–Trinajstić information content (AvgIpc) is 2.50. The van der Waals surface area contributed by atoms with Gasteiger partial charge in [0.1, 0.15) is 0 Å². The minimum absolute atomic E-state index is 0.569. The molecule has 1 N–H and O–H groups in total. The molecule has 0 spiro atoms. The molecule has 1 rings (SSSR count). The fourth-order valence-electron chi connectivity index (χ4n) is 2.68. The zero-order valence-corrected chi connectivity index (χ0v) is 11.6. The van der Waals surface area contributed by atoms with Crippen LogP contribution in [0, 0.1) is 12.3 Å². The molecule has 98 valence electrons. The van der Waals surface area contributed by atoms with Gasteiger partial charge in [-0.25, -0.2) is 0 Å². The highest BCUT2D eigenvalue weighted by molar-refractivity contribution is 4.88. The fraction of sp³-hybridized carbons (Fsp3) is 0.857. The van der Waals surface area contributed by atoms with Crippen LogP contribution in [0.15, 0.2) is 0 Å². The first-order valence-corrected chi connectivity index (χ1v) is 6.77. The molecule has 3 heteroatoms. The molecule has 1 aliphatic rings. The Morgan fingerprint density at radius 2 is 2.24 bits per heavy atom. The molecular formula is C14H27N3. The number of hydrogen-bond acceptors (Lipinski definition) is 3. The summed E-state index contributed by atoms with van der Waals surface area (Å²) >= 11 is 0. The molecule has 2 atom stereocenters. The van der Waals surface area contributed by atoms with Crippen LogP contribution in [0.2, 0.25) is 0 Å². The van der Waals surface area contributed by atoms with Gasteiger partial charge in [0.15, 0.2) is 0 Å². The number of rotatable bonds is 5. The number of hydrogen-bond donors (Lipinski definition) is 1. The lowest BCUT2D eigenvalue weighted by Gasteiger charge is -2.35. The second-order valence-electron chi connectivity index (χ2n) is 5.10. The van der Waals surface area contributed by atoms with Gasteiger partial charge in [-0.3, -0.25) is 4.90 Å². The third-order valence-electron chi connectivity index (χ3n) is 3.65. The normalized spacial score (nSPS) is 25.2. The lowest BCUT2D eigenvalue weighted by Crippen LogP contribution is -2.48. The maximum Gasteiger partial charge on any atom is 0.0574 e. The van der Waals surface area contributed by atoms with Crippen LogP contribution in [0.3, 0.4) is 0 Å². The van der Waals surface area contributed by atoms with E-state index in [9.17, 15) is 0 Å². The summed E-state index contributed by atoms with van der Waals surface area (Å²) in [6.07, 6.45) is 7.75. The number of terminal acetylenes is 1. The molecule has 17 heavy (non-hydrogen) atoms. The van der Waals surface area contributed by atoms with Gasteiger partial charge in [-0.1, -0.05) is 12.8 Å². The molecule has 0 radical (unpaired) electrons. The van der Waals surface area contributed by atoms with Gasteiger partial charge in [0.25, 0.3) is 0 Å². The Morgan fingerprint density at radius 3 is 2.88 bits per heavy atom. The van der Waals surface area contributed by atoms with Gasteiger partial charge in [0, 0.05) is 31.7 Å². The van der Waals surface area contributed by atoms with Gasteiger partial charge in [0.2, 0.25) is 0 Å². The third kappa shape index (κ3) is 4.67. The fourth-order valence-corrected chi connectivity index (χ4v) is 2.68. The zero-order valence-electron chi connectivity index (χ0n) is 11.6. The molecule has 0 aliphatic carbocycles. The van der Waals surface area contributed by atoms with E-state index in [-0.39, 0.29) is 0 Å². The topological polar surface area (TPSA) is 18.5 Å². The van der Waals surface area contributed by atoms with Crippen molar-refractivity contribution in [3.63, 3.8) is 0 Å². The van der Waals surface area contributed by atoms with Crippen molar-refractivity contribution in [3.05, 3.63) is 0 Å². The SMILES string of the molecule is C#CCNCC(C)N1CCCN(C)CC1CC. The monoisotopic (exact) mass is 237 g/mol. The van der Waals surface area contributed by atoms with Gasteiger partial charge >= 0.3 is 0 Å². The quantitative estimate of drug-likeness (QED) is 0.569. The zero-order chi connectivity index (χ0) is 12.7. The lowest BCUT2D eigenvalue weighted by atomic mass is 10.1. The first-order chi connectivity index (χ1) is 8.19. The summed E-state index contributed by atoms with van der Waals surface area (Å²) in [6, 6.07) is 1.25. The molecule has 0 amide bonds. The van der Waals surface area contributed by atoms with E-state index in [1.807, 2.05) is 0 Å². The molecule has 1 aliphatic heterocycles. The summed E-state index contributed by atoms with van der Waals surface area (Å²) in [4.78, 5) is 5.10. The molecule has 2 unspecified atom stereocenters. The van der Waals surface area contributed by atoms with Crippen molar-refractivity contribution in [3.8, 4) is 12.3 Å². The Bertz CT molecular complexity index is 246. The number of nitrogens with one attached hydrogen (secondary N) is 1. The predicted molar refractivity (Wildman–Crippen MR) is 74.1 cm³/mol. The van der Waals surface area contributed by atoms with Crippen molar-refractivity contribution in [1.82, 2.24) is 15.1 Å². The van der Waals surface area contributed by atoms with Gasteiger partial charge in [-0.2, -0.15) is 0 Å². The van der Waals surface area contributed by atoms with E-state index >= 15 is 0 Å². The lowest BCUT2D eigenvalue weighted by molar-refractivity contribution is 0.136. The largest absolute Gasteiger partial charge is 0.305 e. The molecule has 1 saturated heterocycles. The van der Waals surface area contributed by atoms with Crippen molar-refractivity contribution in [2.45, 2.75) is 38.8 Å². The second kappa shape index (κ2) is 7.71. The van der Waals surface area contributed by atoms with Crippen LogP contribution in [0.1, 0.15) is 26.7 Å². The first kappa shape index (κ1) is 14.5. The summed E-state index contributed by atoms with van der Waals surface area (Å²) < 4.78 is 0. The standard InChI is InChI=1S/C14H27N3/c1-5-8-15-11-13(3)17-10-7-9-16(4)12-14(17)6-2/h1,13-15H,6-12H2,2-4H3. The van der Waals surface area contributed by atoms with Gasteiger partial charge in [-0.05, 0) is 33.4 Å². The smallest absolute Gasteiger partial charge is 0.0574 e. The molecule has 0 aromatic rings. The molecule has 0 aromatic heterocycles. The van der Waals surface area contributed by atoms with Crippen molar-refractivity contribution in [2.75, 3.05) is 39.8 Å². The summed E-state index contributed by atoms with van der Waals surface area (Å²) in [5.41, 5.74) is 0. The Kier molecular flexibility index (Phi) is 6.57. The molecule has 0 saturated carbocycles. The van der Waals surface area contributed by atoms with E-state index < -0.39 is 0 Å². The van der Waals surface area contributed by atoms with E-state index in [0.717, 1.165) is 6.54 Å². The van der Waals surface area contributed by atoms with E-state index in [0.29, 0.717) is 18.6 Å². The maximum absolute atomic E-state index is 5.26. The van der Waals surface area contributed by atoms with E-state index in [1.165, 1.54) is 32.5 Å². The molecule has 0 aromatic carbocycles. The Labute approximate surface area is 107 Å². The Hall–Kier alpha value is -0.560. The molecule has 0 bridgehead atoms. The highest BCUT2D eigenvalue weighted by Crippen LogP contribution is 2.14. The Morgan fingerprint density at radius 1 is 1.47 bits per heavy atom. The van der Waals surface area contributed by atoms with Gasteiger partial charge in [0.05, 0.1) is 6.54 Å². The van der Waals surface area contributed by atoms with E-state index in [1.54, 1.807) is 0 Å². The number of likely N-dealkylation sites (N-methyl/N-ethyl adjacent to an activating group) is 1. The third-order valence-corrected chi connectivity index (χ3v) is 3.65. The van der Waals surface area contributed by atoms with Crippen LogP contribution in [0.4, 0.5) is 0 Å². The minimum Gasteiger partial charge on any atom is -0.305 e. The highest BCUT2D eigenvalue weighted by Gasteiger charge is 2.25. The minimum atomic E-state index is 0.569. The van der Waals surface area contributed by atoms with Crippen LogP contribution >= 0.6 is 0 Å². The van der Waals surface area contributed by atoms with Crippen LogP contribution < -0.4 is 5.32 Å². The van der Waals surface area contributed by atoms with Crippen LogP contribution in [0.25, 0.3) is 0 Å². The molecule has 1 fully saturated rings. The van der Waals surface area contributed by atoms with E-state index in [2.05, 4.69) is 41.9 Å². The maximum atomic E-state index is 5.26. The van der Waals surface area contributed by atoms with Crippen LogP contribution in [-0.4, -0.2) is 61.7 Å². The Balaban J connectivity index is 2.49. The summed E-state index contributed by atoms with van der Waals surface area (Å²) in [5, 5.41) is 3.32. The van der Waals surface area contributed by atoms with Gasteiger partial charge < -0.3 is 10.2 Å².